The van der Waals surface area contributed by atoms with Crippen LogP contribution in [0.4, 0.5) is 0 Å². The molecule has 2 aromatic rings. The third kappa shape index (κ3) is 1.57. The lowest BCUT2D eigenvalue weighted by Crippen LogP contribution is -1.96. The van der Waals surface area contributed by atoms with Gasteiger partial charge in [-0.1, -0.05) is 0 Å². The maximum absolute atomic E-state index is 8.73. The molecule has 68 valence electrons. The average Bonchev–Trinajstić information content (AvgIpc) is 2.48. The van der Waals surface area contributed by atoms with Gasteiger partial charge in [0.15, 0.2) is 5.65 Å². The molecule has 0 aliphatic carbocycles. The summed E-state index contributed by atoms with van der Waals surface area (Å²) < 4.78 is 2.57. The maximum atomic E-state index is 8.73. The Kier molecular flexibility index (Phi) is 2.28. The number of rotatable bonds is 2. The molecule has 2 rings (SSSR count). The predicted octanol–water partition coefficient (Wildman–Crippen LogP) is 1.03. The van der Waals surface area contributed by atoms with Crippen molar-refractivity contribution >= 4 is 21.6 Å². The van der Waals surface area contributed by atoms with Crippen molar-refractivity contribution < 1.29 is 5.11 Å². The van der Waals surface area contributed by atoms with E-state index in [-0.39, 0.29) is 6.61 Å². The quantitative estimate of drug-likeness (QED) is 0.855. The molecule has 0 unspecified atom stereocenters. The zero-order valence-corrected chi connectivity index (χ0v) is 8.40. The molecule has 0 atom stereocenters. The van der Waals surface area contributed by atoms with E-state index in [1.165, 1.54) is 0 Å². The van der Waals surface area contributed by atoms with Gasteiger partial charge in [0.05, 0.1) is 10.7 Å². The Morgan fingerprint density at radius 1 is 1.46 bits per heavy atom. The van der Waals surface area contributed by atoms with Crippen molar-refractivity contribution in [2.24, 2.45) is 0 Å². The summed E-state index contributed by atoms with van der Waals surface area (Å²) >= 11 is 3.34. The molecule has 0 saturated heterocycles. The summed E-state index contributed by atoms with van der Waals surface area (Å²) in [6.45, 7) is 0.135. The SMILES string of the molecule is OCCc1cnc2c(Br)cnn2c1. The largest absolute Gasteiger partial charge is 0.396 e. The predicted molar refractivity (Wildman–Crippen MR) is 51.5 cm³/mol. The summed E-state index contributed by atoms with van der Waals surface area (Å²) in [5, 5.41) is 12.8. The Balaban J connectivity index is 2.50. The zero-order valence-electron chi connectivity index (χ0n) is 6.81. The molecule has 0 saturated carbocycles. The summed E-state index contributed by atoms with van der Waals surface area (Å²) in [6.07, 6.45) is 5.92. The number of aliphatic hydroxyl groups excluding tert-OH is 1. The number of hydrogen-bond donors (Lipinski definition) is 1. The van der Waals surface area contributed by atoms with Crippen molar-refractivity contribution in [3.8, 4) is 0 Å². The van der Waals surface area contributed by atoms with Crippen LogP contribution in [-0.4, -0.2) is 26.3 Å². The van der Waals surface area contributed by atoms with E-state index in [9.17, 15) is 0 Å². The molecule has 2 heterocycles. The van der Waals surface area contributed by atoms with Crippen molar-refractivity contribution in [1.29, 1.82) is 0 Å². The van der Waals surface area contributed by atoms with Crippen LogP contribution < -0.4 is 0 Å². The minimum Gasteiger partial charge on any atom is -0.396 e. The fraction of sp³-hybridized carbons (Fsp3) is 0.250. The van der Waals surface area contributed by atoms with E-state index < -0.39 is 0 Å². The van der Waals surface area contributed by atoms with E-state index in [2.05, 4.69) is 26.0 Å². The second-order valence-electron chi connectivity index (χ2n) is 2.70. The molecule has 13 heavy (non-hydrogen) atoms. The Morgan fingerprint density at radius 3 is 3.08 bits per heavy atom. The molecule has 2 aromatic heterocycles. The lowest BCUT2D eigenvalue weighted by atomic mass is 10.2. The smallest absolute Gasteiger partial charge is 0.169 e. The van der Waals surface area contributed by atoms with E-state index in [1.807, 2.05) is 6.20 Å². The van der Waals surface area contributed by atoms with Gasteiger partial charge < -0.3 is 5.11 Å². The van der Waals surface area contributed by atoms with Crippen LogP contribution in [0.25, 0.3) is 5.65 Å². The van der Waals surface area contributed by atoms with Crippen LogP contribution in [-0.2, 0) is 6.42 Å². The highest BCUT2D eigenvalue weighted by Crippen LogP contribution is 2.14. The highest BCUT2D eigenvalue weighted by atomic mass is 79.9. The molecule has 0 fully saturated rings. The van der Waals surface area contributed by atoms with Gasteiger partial charge in [0.25, 0.3) is 0 Å². The number of halogens is 1. The number of nitrogens with zero attached hydrogens (tertiary/aromatic N) is 3. The van der Waals surface area contributed by atoms with Crippen LogP contribution in [0.15, 0.2) is 23.1 Å². The fourth-order valence-corrected chi connectivity index (χ4v) is 1.52. The Morgan fingerprint density at radius 2 is 2.31 bits per heavy atom. The van der Waals surface area contributed by atoms with E-state index in [1.54, 1.807) is 16.9 Å². The first-order valence-electron chi connectivity index (χ1n) is 3.90. The van der Waals surface area contributed by atoms with Gasteiger partial charge in [0.1, 0.15) is 0 Å². The molecule has 0 radical (unpaired) electrons. The lowest BCUT2D eigenvalue weighted by molar-refractivity contribution is 0.299. The average molecular weight is 242 g/mol. The molecule has 0 amide bonds. The van der Waals surface area contributed by atoms with Gasteiger partial charge in [-0.05, 0) is 27.9 Å². The van der Waals surface area contributed by atoms with Crippen LogP contribution in [0, 0.1) is 0 Å². The molecule has 0 spiro atoms. The van der Waals surface area contributed by atoms with E-state index in [4.69, 9.17) is 5.11 Å². The maximum Gasteiger partial charge on any atom is 0.169 e. The summed E-state index contributed by atoms with van der Waals surface area (Å²) in [5.41, 5.74) is 1.77. The van der Waals surface area contributed by atoms with Gasteiger partial charge in [-0.25, -0.2) is 9.50 Å². The van der Waals surface area contributed by atoms with E-state index >= 15 is 0 Å². The Hall–Kier alpha value is -0.940. The monoisotopic (exact) mass is 241 g/mol. The van der Waals surface area contributed by atoms with Crippen molar-refractivity contribution in [3.05, 3.63) is 28.6 Å². The number of fused-ring (bicyclic) bond motifs is 1. The van der Waals surface area contributed by atoms with Crippen LogP contribution in [0.3, 0.4) is 0 Å². The first-order chi connectivity index (χ1) is 6.31. The summed E-state index contributed by atoms with van der Waals surface area (Å²) in [5.74, 6) is 0. The van der Waals surface area contributed by atoms with Crippen molar-refractivity contribution in [2.45, 2.75) is 6.42 Å². The third-order valence-corrected chi connectivity index (χ3v) is 2.33. The summed E-state index contributed by atoms with van der Waals surface area (Å²) in [6, 6.07) is 0. The minimum atomic E-state index is 0.135. The summed E-state index contributed by atoms with van der Waals surface area (Å²) in [4.78, 5) is 4.20. The number of aromatic nitrogens is 3. The van der Waals surface area contributed by atoms with E-state index in [0.29, 0.717) is 6.42 Å². The molecule has 1 N–H and O–H groups in total. The van der Waals surface area contributed by atoms with Crippen LogP contribution in [0.2, 0.25) is 0 Å². The first kappa shape index (κ1) is 8.65. The van der Waals surface area contributed by atoms with Gasteiger partial charge in [-0.3, -0.25) is 0 Å². The molecular weight excluding hydrogens is 234 g/mol. The van der Waals surface area contributed by atoms with E-state index in [0.717, 1.165) is 15.7 Å². The standard InChI is InChI=1S/C8H8BrN3O/c9-7-4-11-12-5-6(1-2-13)3-10-8(7)12/h3-5,13H,1-2H2. The molecule has 0 aromatic carbocycles. The number of aliphatic hydroxyl groups is 1. The van der Waals surface area contributed by atoms with Crippen LogP contribution in [0.1, 0.15) is 5.56 Å². The van der Waals surface area contributed by atoms with Gasteiger partial charge in [-0.2, -0.15) is 5.10 Å². The molecule has 0 aliphatic rings. The highest BCUT2D eigenvalue weighted by molar-refractivity contribution is 9.10. The van der Waals surface area contributed by atoms with Crippen molar-refractivity contribution in [2.75, 3.05) is 6.61 Å². The van der Waals surface area contributed by atoms with Gasteiger partial charge in [0.2, 0.25) is 0 Å². The second kappa shape index (κ2) is 3.43. The zero-order chi connectivity index (χ0) is 9.26. The minimum absolute atomic E-state index is 0.135. The molecule has 4 nitrogen and oxygen atoms in total. The van der Waals surface area contributed by atoms with Gasteiger partial charge in [0, 0.05) is 19.0 Å². The first-order valence-corrected chi connectivity index (χ1v) is 4.69. The van der Waals surface area contributed by atoms with Crippen LogP contribution >= 0.6 is 15.9 Å². The van der Waals surface area contributed by atoms with Crippen molar-refractivity contribution in [1.82, 2.24) is 14.6 Å². The van der Waals surface area contributed by atoms with Crippen LogP contribution in [0.5, 0.6) is 0 Å². The Bertz CT molecular complexity index is 426. The fourth-order valence-electron chi connectivity index (χ4n) is 1.14. The van der Waals surface area contributed by atoms with Crippen molar-refractivity contribution in [3.63, 3.8) is 0 Å². The number of hydrogen-bond acceptors (Lipinski definition) is 3. The van der Waals surface area contributed by atoms with Gasteiger partial charge >= 0.3 is 0 Å². The lowest BCUT2D eigenvalue weighted by Gasteiger charge is -1.98. The third-order valence-electron chi connectivity index (χ3n) is 1.77. The Labute approximate surface area is 83.3 Å². The molecule has 0 aliphatic heterocycles. The molecular formula is C8H8BrN3O. The molecule has 0 bridgehead atoms. The normalized spacial score (nSPS) is 10.9. The summed E-state index contributed by atoms with van der Waals surface area (Å²) in [7, 11) is 0. The second-order valence-corrected chi connectivity index (χ2v) is 3.55. The highest BCUT2D eigenvalue weighted by Gasteiger charge is 2.02. The topological polar surface area (TPSA) is 50.4 Å². The van der Waals surface area contributed by atoms with Gasteiger partial charge in [-0.15, -0.1) is 0 Å². The molecule has 5 heteroatoms.